The zero-order valence-corrected chi connectivity index (χ0v) is 15.0. The zero-order chi connectivity index (χ0) is 17.6. The monoisotopic (exact) mass is 342 g/mol. The van der Waals surface area contributed by atoms with Gasteiger partial charge in [0.05, 0.1) is 31.4 Å². The summed E-state index contributed by atoms with van der Waals surface area (Å²) in [4.78, 5) is 16.1. The van der Waals surface area contributed by atoms with Crippen LogP contribution in [0.5, 0.6) is 0 Å². The predicted molar refractivity (Wildman–Crippen MR) is 96.0 cm³/mol. The maximum Gasteiger partial charge on any atom is 0.224 e. The minimum Gasteiger partial charge on any atom is -0.375 e. The van der Waals surface area contributed by atoms with Gasteiger partial charge in [-0.15, -0.1) is 0 Å². The first-order chi connectivity index (χ1) is 12.1. The fourth-order valence-corrected chi connectivity index (χ4v) is 3.13. The Morgan fingerprint density at radius 3 is 2.84 bits per heavy atom. The molecule has 2 aromatic rings. The Morgan fingerprint density at radius 2 is 2.08 bits per heavy atom. The second-order valence-corrected chi connectivity index (χ2v) is 6.69. The van der Waals surface area contributed by atoms with Gasteiger partial charge in [0.2, 0.25) is 5.91 Å². The molecule has 1 amide bonds. The first kappa shape index (κ1) is 17.6. The molecule has 1 aromatic heterocycles. The molecule has 6 nitrogen and oxygen atoms in total. The highest BCUT2D eigenvalue weighted by molar-refractivity contribution is 5.76. The number of amides is 1. The molecule has 0 N–H and O–H groups in total. The van der Waals surface area contributed by atoms with Crippen LogP contribution >= 0.6 is 0 Å². The smallest absolute Gasteiger partial charge is 0.224 e. The van der Waals surface area contributed by atoms with Gasteiger partial charge in [-0.1, -0.05) is 30.3 Å². The highest BCUT2D eigenvalue weighted by Crippen LogP contribution is 2.23. The van der Waals surface area contributed by atoms with E-state index in [-0.39, 0.29) is 11.9 Å². The number of nitrogens with zero attached hydrogens (tertiary/aromatic N) is 4. The van der Waals surface area contributed by atoms with E-state index in [0.717, 1.165) is 25.3 Å². The molecule has 3 rings (SSSR count). The fraction of sp³-hybridized carbons (Fsp3) is 0.474. The minimum absolute atomic E-state index is 0.0859. The van der Waals surface area contributed by atoms with Crippen LogP contribution in [0.15, 0.2) is 42.6 Å². The molecule has 0 bridgehead atoms. The number of fused-ring (bicyclic) bond motifs is 1. The van der Waals surface area contributed by atoms with E-state index in [2.05, 4.69) is 22.1 Å². The van der Waals surface area contributed by atoms with Crippen molar-refractivity contribution >= 4 is 5.91 Å². The first-order valence-electron chi connectivity index (χ1n) is 8.70. The van der Waals surface area contributed by atoms with Gasteiger partial charge in [0.25, 0.3) is 0 Å². The number of hydrogen-bond acceptors (Lipinski definition) is 4. The SMILES string of the molecule is CN(C)C(=O)C[C@H]1CN(CCOCc2ccccc2)Cc2ccnn21. The van der Waals surface area contributed by atoms with Crippen LogP contribution < -0.4 is 0 Å². The summed E-state index contributed by atoms with van der Waals surface area (Å²) in [5.74, 6) is 0.133. The molecule has 0 saturated carbocycles. The largest absolute Gasteiger partial charge is 0.375 e. The van der Waals surface area contributed by atoms with Gasteiger partial charge in [-0.3, -0.25) is 14.4 Å². The molecule has 6 heteroatoms. The van der Waals surface area contributed by atoms with E-state index >= 15 is 0 Å². The van der Waals surface area contributed by atoms with E-state index < -0.39 is 0 Å². The van der Waals surface area contributed by atoms with Gasteiger partial charge in [0.1, 0.15) is 0 Å². The molecular formula is C19H26N4O2. The lowest BCUT2D eigenvalue weighted by Gasteiger charge is -2.34. The van der Waals surface area contributed by atoms with Crippen molar-refractivity contribution in [1.82, 2.24) is 19.6 Å². The summed E-state index contributed by atoms with van der Waals surface area (Å²) >= 11 is 0. The van der Waals surface area contributed by atoms with Crippen LogP contribution in [0.2, 0.25) is 0 Å². The molecule has 2 heterocycles. The fourth-order valence-electron chi connectivity index (χ4n) is 3.13. The van der Waals surface area contributed by atoms with Crippen molar-refractivity contribution in [1.29, 1.82) is 0 Å². The van der Waals surface area contributed by atoms with Gasteiger partial charge in [0, 0.05) is 39.9 Å². The third-order valence-electron chi connectivity index (χ3n) is 4.53. The standard InChI is InChI=1S/C19H26N4O2/c1-21(2)19(24)12-18-14-22(13-17-8-9-20-23(17)18)10-11-25-15-16-6-4-3-5-7-16/h3-9,18H,10-15H2,1-2H3/t18-/m0/s1. The number of benzene rings is 1. The topological polar surface area (TPSA) is 50.6 Å². The van der Waals surface area contributed by atoms with Crippen LogP contribution in [-0.2, 0) is 22.7 Å². The van der Waals surface area contributed by atoms with Crippen molar-refractivity contribution in [2.24, 2.45) is 0 Å². The van der Waals surface area contributed by atoms with Crippen molar-refractivity contribution < 1.29 is 9.53 Å². The van der Waals surface area contributed by atoms with Crippen molar-refractivity contribution in [3.8, 4) is 0 Å². The summed E-state index contributed by atoms with van der Waals surface area (Å²) < 4.78 is 7.81. The number of aromatic nitrogens is 2. The quantitative estimate of drug-likeness (QED) is 0.722. The molecule has 1 atom stereocenters. The second kappa shape index (κ2) is 8.27. The van der Waals surface area contributed by atoms with Crippen LogP contribution in [0.1, 0.15) is 23.7 Å². The molecule has 1 aromatic carbocycles. The van der Waals surface area contributed by atoms with E-state index in [0.29, 0.717) is 19.6 Å². The molecule has 1 aliphatic heterocycles. The molecule has 0 spiro atoms. The highest BCUT2D eigenvalue weighted by atomic mass is 16.5. The number of carbonyl (C=O) groups is 1. The second-order valence-electron chi connectivity index (χ2n) is 6.69. The van der Waals surface area contributed by atoms with Gasteiger partial charge < -0.3 is 9.64 Å². The first-order valence-corrected chi connectivity index (χ1v) is 8.70. The van der Waals surface area contributed by atoms with Crippen molar-refractivity contribution in [3.05, 3.63) is 53.9 Å². The number of hydrogen-bond donors (Lipinski definition) is 0. The minimum atomic E-state index is 0.0859. The van der Waals surface area contributed by atoms with E-state index in [4.69, 9.17) is 4.74 Å². The van der Waals surface area contributed by atoms with Crippen molar-refractivity contribution in [2.75, 3.05) is 33.8 Å². The summed E-state index contributed by atoms with van der Waals surface area (Å²) in [6.45, 7) is 3.83. The van der Waals surface area contributed by atoms with Crippen LogP contribution in [0.25, 0.3) is 0 Å². The lowest BCUT2D eigenvalue weighted by atomic mass is 10.1. The Balaban J connectivity index is 1.52. The third-order valence-corrected chi connectivity index (χ3v) is 4.53. The van der Waals surface area contributed by atoms with E-state index in [1.807, 2.05) is 35.1 Å². The maximum absolute atomic E-state index is 12.1. The molecule has 1 aliphatic rings. The van der Waals surface area contributed by atoms with E-state index in [1.165, 1.54) is 5.56 Å². The summed E-state index contributed by atoms with van der Waals surface area (Å²) in [5.41, 5.74) is 2.35. The summed E-state index contributed by atoms with van der Waals surface area (Å²) in [6, 6.07) is 12.3. The lowest BCUT2D eigenvalue weighted by Crippen LogP contribution is -2.41. The number of carbonyl (C=O) groups excluding carboxylic acids is 1. The Hall–Kier alpha value is -2.18. The molecule has 0 unspecified atom stereocenters. The Kier molecular flexibility index (Phi) is 5.83. The summed E-state index contributed by atoms with van der Waals surface area (Å²) in [5, 5.41) is 4.41. The normalized spacial score (nSPS) is 17.3. The summed E-state index contributed by atoms with van der Waals surface area (Å²) in [6.07, 6.45) is 2.29. The highest BCUT2D eigenvalue weighted by Gasteiger charge is 2.27. The van der Waals surface area contributed by atoms with Crippen LogP contribution in [0.3, 0.4) is 0 Å². The van der Waals surface area contributed by atoms with Crippen molar-refractivity contribution in [2.45, 2.75) is 25.6 Å². The van der Waals surface area contributed by atoms with E-state index in [1.54, 1.807) is 19.0 Å². The Morgan fingerprint density at radius 1 is 1.28 bits per heavy atom. The third kappa shape index (κ3) is 4.67. The predicted octanol–water partition coefficient (Wildman–Crippen LogP) is 1.93. The average molecular weight is 342 g/mol. The molecular weight excluding hydrogens is 316 g/mol. The van der Waals surface area contributed by atoms with Gasteiger partial charge in [-0.2, -0.15) is 5.10 Å². The molecule has 0 radical (unpaired) electrons. The molecule has 25 heavy (non-hydrogen) atoms. The van der Waals surface area contributed by atoms with Crippen LogP contribution in [0, 0.1) is 0 Å². The van der Waals surface area contributed by atoms with Gasteiger partial charge in [-0.25, -0.2) is 0 Å². The van der Waals surface area contributed by atoms with Crippen molar-refractivity contribution in [3.63, 3.8) is 0 Å². The summed E-state index contributed by atoms with van der Waals surface area (Å²) in [7, 11) is 3.59. The molecule has 134 valence electrons. The van der Waals surface area contributed by atoms with E-state index in [9.17, 15) is 4.79 Å². The Bertz CT molecular complexity index is 684. The van der Waals surface area contributed by atoms with Gasteiger partial charge in [-0.05, 0) is 11.6 Å². The number of rotatable bonds is 7. The van der Waals surface area contributed by atoms with Crippen LogP contribution in [-0.4, -0.2) is 59.3 Å². The number of ether oxygens (including phenoxy) is 1. The Labute approximate surface area is 149 Å². The zero-order valence-electron chi connectivity index (χ0n) is 15.0. The molecule has 0 saturated heterocycles. The lowest BCUT2D eigenvalue weighted by molar-refractivity contribution is -0.129. The molecule has 0 aliphatic carbocycles. The molecule has 0 fully saturated rings. The maximum atomic E-state index is 12.1. The average Bonchev–Trinajstić information content (AvgIpc) is 3.08. The van der Waals surface area contributed by atoms with Gasteiger partial charge in [0.15, 0.2) is 0 Å². The van der Waals surface area contributed by atoms with Gasteiger partial charge >= 0.3 is 0 Å². The van der Waals surface area contributed by atoms with Crippen LogP contribution in [0.4, 0.5) is 0 Å².